The Balaban J connectivity index is 2.12. The quantitative estimate of drug-likeness (QED) is 0.755. The molecular formula is C13H14N2OS. The Morgan fingerprint density at radius 2 is 2.24 bits per heavy atom. The van der Waals surface area contributed by atoms with E-state index in [2.05, 4.69) is 27.6 Å². The molecule has 0 aliphatic carbocycles. The molecular weight excluding hydrogens is 232 g/mol. The van der Waals surface area contributed by atoms with Crippen molar-refractivity contribution in [2.75, 3.05) is 0 Å². The van der Waals surface area contributed by atoms with E-state index in [1.54, 1.807) is 11.3 Å². The number of aliphatic hydroxyl groups is 1. The molecule has 4 heteroatoms. The van der Waals surface area contributed by atoms with Gasteiger partial charge >= 0.3 is 0 Å². The second kappa shape index (κ2) is 3.55. The highest BCUT2D eigenvalue weighted by atomic mass is 32.1. The number of rotatable bonds is 2. The van der Waals surface area contributed by atoms with E-state index in [9.17, 15) is 5.11 Å². The Hall–Kier alpha value is -1.39. The van der Waals surface area contributed by atoms with Gasteiger partial charge in [-0.05, 0) is 31.5 Å². The van der Waals surface area contributed by atoms with E-state index in [0.717, 1.165) is 10.5 Å². The Kier molecular flexibility index (Phi) is 2.24. The molecule has 0 bridgehead atoms. The number of hydrogen-bond donors (Lipinski definition) is 1. The molecule has 0 radical (unpaired) electrons. The normalized spacial score (nSPS) is 12.6. The summed E-state index contributed by atoms with van der Waals surface area (Å²) in [5.41, 5.74) is 1.68. The summed E-state index contributed by atoms with van der Waals surface area (Å²) in [6.07, 6.45) is 4.46. The fraction of sp³-hybridized carbons (Fsp3) is 0.308. The molecule has 17 heavy (non-hydrogen) atoms. The van der Waals surface area contributed by atoms with Crippen molar-refractivity contribution in [2.24, 2.45) is 0 Å². The van der Waals surface area contributed by atoms with Crippen molar-refractivity contribution in [3.8, 4) is 0 Å². The molecule has 0 saturated heterocycles. The van der Waals surface area contributed by atoms with Crippen LogP contribution >= 0.6 is 11.3 Å². The first-order chi connectivity index (χ1) is 8.03. The average Bonchev–Trinajstić information content (AvgIpc) is 2.73. The number of thiazole rings is 1. The average molecular weight is 246 g/mol. The van der Waals surface area contributed by atoms with E-state index in [1.165, 1.54) is 10.2 Å². The van der Waals surface area contributed by atoms with E-state index in [0.29, 0.717) is 6.42 Å². The minimum Gasteiger partial charge on any atom is -0.390 e. The molecule has 0 atom stereocenters. The van der Waals surface area contributed by atoms with Gasteiger partial charge in [0, 0.05) is 18.8 Å². The SMILES string of the molecule is CC(C)(O)Cc1ccc2c(c1)sc1nccn12. The van der Waals surface area contributed by atoms with Crippen LogP contribution in [0.5, 0.6) is 0 Å². The lowest BCUT2D eigenvalue weighted by molar-refractivity contribution is 0.0810. The van der Waals surface area contributed by atoms with Crippen molar-refractivity contribution in [3.05, 3.63) is 36.2 Å². The van der Waals surface area contributed by atoms with E-state index in [-0.39, 0.29) is 0 Å². The lowest BCUT2D eigenvalue weighted by Gasteiger charge is -2.16. The molecule has 0 aliphatic rings. The first kappa shape index (κ1) is 10.7. The van der Waals surface area contributed by atoms with Gasteiger partial charge in [0.05, 0.1) is 15.8 Å². The summed E-state index contributed by atoms with van der Waals surface area (Å²) in [6.45, 7) is 3.66. The lowest BCUT2D eigenvalue weighted by Crippen LogP contribution is -2.21. The van der Waals surface area contributed by atoms with Crippen LogP contribution in [0, 0.1) is 0 Å². The fourth-order valence-electron chi connectivity index (χ4n) is 2.10. The van der Waals surface area contributed by atoms with Gasteiger partial charge in [0.2, 0.25) is 0 Å². The summed E-state index contributed by atoms with van der Waals surface area (Å²) in [6, 6.07) is 6.32. The summed E-state index contributed by atoms with van der Waals surface area (Å²) in [5.74, 6) is 0. The van der Waals surface area contributed by atoms with Crippen LogP contribution in [0.15, 0.2) is 30.6 Å². The predicted octanol–water partition coefficient (Wildman–Crippen LogP) is 2.86. The topological polar surface area (TPSA) is 37.5 Å². The zero-order valence-electron chi connectivity index (χ0n) is 9.84. The monoisotopic (exact) mass is 246 g/mol. The van der Waals surface area contributed by atoms with Gasteiger partial charge in [-0.2, -0.15) is 0 Å². The highest BCUT2D eigenvalue weighted by molar-refractivity contribution is 7.23. The van der Waals surface area contributed by atoms with Gasteiger partial charge in [-0.3, -0.25) is 4.40 Å². The second-order valence-corrected chi connectivity index (χ2v) is 5.98. The summed E-state index contributed by atoms with van der Waals surface area (Å²) >= 11 is 1.68. The molecule has 88 valence electrons. The van der Waals surface area contributed by atoms with Crippen LogP contribution in [0.25, 0.3) is 15.2 Å². The van der Waals surface area contributed by atoms with Gasteiger partial charge in [-0.25, -0.2) is 4.98 Å². The van der Waals surface area contributed by atoms with Crippen LogP contribution in [0.2, 0.25) is 0 Å². The number of nitrogens with zero attached hydrogens (tertiary/aromatic N) is 2. The molecule has 1 N–H and O–H groups in total. The maximum atomic E-state index is 9.83. The molecule has 1 aromatic carbocycles. The van der Waals surface area contributed by atoms with Crippen LogP contribution in [0.3, 0.4) is 0 Å². The highest BCUT2D eigenvalue weighted by Crippen LogP contribution is 2.27. The van der Waals surface area contributed by atoms with E-state index >= 15 is 0 Å². The van der Waals surface area contributed by atoms with Crippen LogP contribution in [0.1, 0.15) is 19.4 Å². The van der Waals surface area contributed by atoms with Crippen molar-refractivity contribution in [2.45, 2.75) is 25.9 Å². The summed E-state index contributed by atoms with van der Waals surface area (Å²) in [4.78, 5) is 5.31. The lowest BCUT2D eigenvalue weighted by atomic mass is 9.99. The Bertz CT molecular complexity index is 675. The van der Waals surface area contributed by atoms with Crippen LogP contribution in [-0.4, -0.2) is 20.1 Å². The third-order valence-corrected chi connectivity index (χ3v) is 3.76. The van der Waals surface area contributed by atoms with Gasteiger partial charge < -0.3 is 5.11 Å². The number of benzene rings is 1. The first-order valence-corrected chi connectivity index (χ1v) is 6.41. The maximum absolute atomic E-state index is 9.83. The molecule has 2 heterocycles. The first-order valence-electron chi connectivity index (χ1n) is 5.60. The molecule has 2 aromatic heterocycles. The van der Waals surface area contributed by atoms with Crippen molar-refractivity contribution in [1.82, 2.24) is 9.38 Å². The largest absolute Gasteiger partial charge is 0.390 e. The molecule has 0 spiro atoms. The number of imidazole rings is 1. The summed E-state index contributed by atoms with van der Waals surface area (Å²) in [5, 5.41) is 9.83. The van der Waals surface area contributed by atoms with Gasteiger partial charge in [0.25, 0.3) is 0 Å². The Morgan fingerprint density at radius 3 is 3.00 bits per heavy atom. The van der Waals surface area contributed by atoms with Gasteiger partial charge in [0.1, 0.15) is 0 Å². The smallest absolute Gasteiger partial charge is 0.194 e. The second-order valence-electron chi connectivity index (χ2n) is 4.97. The summed E-state index contributed by atoms with van der Waals surface area (Å²) in [7, 11) is 0. The third-order valence-electron chi connectivity index (χ3n) is 2.73. The van der Waals surface area contributed by atoms with E-state index < -0.39 is 5.60 Å². The van der Waals surface area contributed by atoms with E-state index in [1.807, 2.05) is 26.2 Å². The van der Waals surface area contributed by atoms with Crippen LogP contribution < -0.4 is 0 Å². The predicted molar refractivity (Wildman–Crippen MR) is 70.6 cm³/mol. The molecule has 0 saturated carbocycles. The molecule has 3 aromatic rings. The zero-order chi connectivity index (χ0) is 12.0. The van der Waals surface area contributed by atoms with Crippen molar-refractivity contribution in [1.29, 1.82) is 0 Å². The zero-order valence-corrected chi connectivity index (χ0v) is 10.7. The highest BCUT2D eigenvalue weighted by Gasteiger charge is 2.14. The molecule has 0 aliphatic heterocycles. The maximum Gasteiger partial charge on any atom is 0.194 e. The summed E-state index contributed by atoms with van der Waals surface area (Å²) < 4.78 is 3.31. The number of aromatic nitrogens is 2. The van der Waals surface area contributed by atoms with Gasteiger partial charge in [-0.15, -0.1) is 0 Å². The van der Waals surface area contributed by atoms with Crippen LogP contribution in [-0.2, 0) is 6.42 Å². The standard InChI is InChI=1S/C13H14N2OS/c1-13(2,16)8-9-3-4-10-11(7-9)17-12-14-5-6-15(10)12/h3-7,16H,8H2,1-2H3. The number of fused-ring (bicyclic) bond motifs is 3. The minimum absolute atomic E-state index is 0.662. The third kappa shape index (κ3) is 1.94. The molecule has 0 fully saturated rings. The molecule has 0 amide bonds. The number of hydrogen-bond acceptors (Lipinski definition) is 3. The van der Waals surface area contributed by atoms with Crippen LogP contribution in [0.4, 0.5) is 0 Å². The van der Waals surface area contributed by atoms with Crippen molar-refractivity contribution < 1.29 is 5.11 Å². The minimum atomic E-state index is -0.662. The molecule has 3 nitrogen and oxygen atoms in total. The molecule has 3 rings (SSSR count). The van der Waals surface area contributed by atoms with Gasteiger partial charge in [0.15, 0.2) is 4.96 Å². The Labute approximate surface area is 103 Å². The van der Waals surface area contributed by atoms with Gasteiger partial charge in [-0.1, -0.05) is 17.4 Å². The fourth-order valence-corrected chi connectivity index (χ4v) is 3.14. The van der Waals surface area contributed by atoms with Crippen molar-refractivity contribution >= 4 is 26.5 Å². The van der Waals surface area contributed by atoms with E-state index in [4.69, 9.17) is 0 Å². The Morgan fingerprint density at radius 1 is 1.41 bits per heavy atom. The van der Waals surface area contributed by atoms with Crippen molar-refractivity contribution in [3.63, 3.8) is 0 Å². The molecule has 0 unspecified atom stereocenters.